The van der Waals surface area contributed by atoms with Gasteiger partial charge in [-0.05, 0) is 11.8 Å². The Morgan fingerprint density at radius 3 is 2.36 bits per heavy atom. The summed E-state index contributed by atoms with van der Waals surface area (Å²) in [5, 5.41) is 17.0. The molecule has 0 unspecified atom stereocenters. The summed E-state index contributed by atoms with van der Waals surface area (Å²) in [6.45, 7) is 4.03. The van der Waals surface area contributed by atoms with Crippen LogP contribution in [0.5, 0.6) is 0 Å². The monoisotopic (exact) mass is 158 g/mol. The Labute approximate surface area is 66.0 Å². The zero-order chi connectivity index (χ0) is 8.65. The van der Waals surface area contributed by atoms with Gasteiger partial charge >= 0.3 is 0 Å². The van der Waals surface area contributed by atoms with E-state index in [1.54, 1.807) is 0 Å². The number of aliphatic hydroxyl groups excluding tert-OH is 1. The van der Waals surface area contributed by atoms with Crippen LogP contribution in [0.3, 0.4) is 0 Å². The average molecular weight is 158 g/mol. The van der Waals surface area contributed by atoms with Crippen molar-refractivity contribution in [2.24, 2.45) is 11.3 Å². The van der Waals surface area contributed by atoms with Gasteiger partial charge in [0.05, 0.1) is 6.42 Å². The third-order valence-corrected chi connectivity index (χ3v) is 2.29. The highest BCUT2D eigenvalue weighted by atomic mass is 16.5. The van der Waals surface area contributed by atoms with E-state index in [9.17, 15) is 4.79 Å². The lowest BCUT2D eigenvalue weighted by Crippen LogP contribution is -2.15. The molecule has 3 nitrogen and oxygen atoms in total. The van der Waals surface area contributed by atoms with E-state index >= 15 is 0 Å². The van der Waals surface area contributed by atoms with Crippen molar-refractivity contribution < 1.29 is 15.0 Å². The molecule has 11 heavy (non-hydrogen) atoms. The first-order chi connectivity index (χ1) is 4.93. The van der Waals surface area contributed by atoms with Crippen LogP contribution >= 0.6 is 0 Å². The lowest BCUT2D eigenvalue weighted by molar-refractivity contribution is -0.129. The summed E-state index contributed by atoms with van der Waals surface area (Å²) in [7, 11) is 0. The van der Waals surface area contributed by atoms with Crippen LogP contribution in [0, 0.1) is 11.3 Å². The van der Waals surface area contributed by atoms with Crippen LogP contribution in [0.1, 0.15) is 26.7 Å². The van der Waals surface area contributed by atoms with Gasteiger partial charge in [0, 0.05) is 5.92 Å². The van der Waals surface area contributed by atoms with Gasteiger partial charge in [-0.1, -0.05) is 13.8 Å². The van der Waals surface area contributed by atoms with E-state index in [0.29, 0.717) is 0 Å². The smallest absolute Gasteiger partial charge is 0.158 e. The molecular weight excluding hydrogens is 144 g/mol. The van der Waals surface area contributed by atoms with Gasteiger partial charge in [-0.3, -0.25) is 4.79 Å². The van der Waals surface area contributed by atoms with Crippen LogP contribution in [0.15, 0.2) is 0 Å². The van der Waals surface area contributed by atoms with Gasteiger partial charge in [0.1, 0.15) is 5.78 Å². The van der Waals surface area contributed by atoms with Crippen molar-refractivity contribution in [3.63, 3.8) is 0 Å². The molecule has 0 spiro atoms. The second-order valence-electron chi connectivity index (χ2n) is 3.90. The van der Waals surface area contributed by atoms with E-state index in [4.69, 9.17) is 10.2 Å². The van der Waals surface area contributed by atoms with Crippen molar-refractivity contribution in [3.05, 3.63) is 0 Å². The maximum atomic E-state index is 11.1. The Hall–Kier alpha value is -0.410. The van der Waals surface area contributed by atoms with Crippen LogP contribution in [-0.2, 0) is 4.79 Å². The Morgan fingerprint density at radius 1 is 1.64 bits per heavy atom. The summed E-state index contributed by atoms with van der Waals surface area (Å²) >= 11 is 0. The minimum Gasteiger partial charge on any atom is -0.368 e. The normalized spacial score (nSPS) is 27.2. The fraction of sp³-hybridized carbons (Fsp3) is 0.875. The first kappa shape index (κ1) is 8.68. The average Bonchev–Trinajstić information content (AvgIpc) is 2.38. The predicted molar refractivity (Wildman–Crippen MR) is 39.7 cm³/mol. The number of ketones is 1. The fourth-order valence-corrected chi connectivity index (χ4v) is 1.34. The molecule has 2 N–H and O–H groups in total. The first-order valence-electron chi connectivity index (χ1n) is 3.82. The lowest BCUT2D eigenvalue weighted by atomic mass is 10.1. The second-order valence-corrected chi connectivity index (χ2v) is 3.90. The van der Waals surface area contributed by atoms with Crippen LogP contribution in [-0.4, -0.2) is 22.3 Å². The highest BCUT2D eigenvalue weighted by Crippen LogP contribution is 2.52. The summed E-state index contributed by atoms with van der Waals surface area (Å²) in [5.41, 5.74) is 0.103. The number of rotatable bonds is 3. The quantitative estimate of drug-likeness (QED) is 0.581. The highest BCUT2D eigenvalue weighted by Gasteiger charge is 2.50. The molecule has 1 saturated carbocycles. The van der Waals surface area contributed by atoms with Crippen LogP contribution in [0.2, 0.25) is 0 Å². The molecule has 1 aliphatic carbocycles. The lowest BCUT2D eigenvalue weighted by Gasteiger charge is -2.03. The Balaban J connectivity index is 2.34. The third kappa shape index (κ3) is 2.01. The molecule has 64 valence electrons. The third-order valence-electron chi connectivity index (χ3n) is 2.29. The van der Waals surface area contributed by atoms with Crippen LogP contribution in [0.25, 0.3) is 0 Å². The number of Topliss-reactive ketones (excluding diaryl/α,β-unsaturated/α-hetero) is 1. The maximum absolute atomic E-state index is 11.1. The summed E-state index contributed by atoms with van der Waals surface area (Å²) < 4.78 is 0. The number of hydrogen-bond donors (Lipinski definition) is 2. The molecule has 1 fully saturated rings. The maximum Gasteiger partial charge on any atom is 0.158 e. The van der Waals surface area contributed by atoms with Gasteiger partial charge in [0.25, 0.3) is 0 Å². The second kappa shape index (κ2) is 2.57. The number of aliphatic hydroxyl groups is 2. The molecule has 0 radical (unpaired) electrons. The largest absolute Gasteiger partial charge is 0.368 e. The minimum absolute atomic E-state index is 0.0231. The molecule has 1 rings (SSSR count). The zero-order valence-corrected chi connectivity index (χ0v) is 6.87. The zero-order valence-electron chi connectivity index (χ0n) is 6.87. The number of carbonyl (C=O) groups excluding carboxylic acids is 1. The molecular formula is C8H14O3. The van der Waals surface area contributed by atoms with Crippen molar-refractivity contribution >= 4 is 5.78 Å². The van der Waals surface area contributed by atoms with Gasteiger partial charge in [0.2, 0.25) is 0 Å². The summed E-state index contributed by atoms with van der Waals surface area (Å²) in [6.07, 6.45) is -0.703. The molecule has 0 amide bonds. The number of carbonyl (C=O) groups is 1. The van der Waals surface area contributed by atoms with E-state index in [-0.39, 0.29) is 23.5 Å². The topological polar surface area (TPSA) is 57.5 Å². The van der Waals surface area contributed by atoms with Crippen molar-refractivity contribution in [2.75, 3.05) is 0 Å². The molecule has 0 saturated heterocycles. The van der Waals surface area contributed by atoms with E-state index in [1.807, 2.05) is 13.8 Å². The predicted octanol–water partition coefficient (Wildman–Crippen LogP) is 0.302. The Kier molecular flexibility index (Phi) is 2.03. The van der Waals surface area contributed by atoms with Gasteiger partial charge < -0.3 is 10.2 Å². The van der Waals surface area contributed by atoms with E-state index in [2.05, 4.69) is 0 Å². The minimum atomic E-state index is -1.47. The van der Waals surface area contributed by atoms with Crippen molar-refractivity contribution in [3.8, 4) is 0 Å². The summed E-state index contributed by atoms with van der Waals surface area (Å²) in [5.74, 6) is 0.0364. The molecule has 0 bridgehead atoms. The van der Waals surface area contributed by atoms with Gasteiger partial charge in [0.15, 0.2) is 6.29 Å². The molecule has 0 aromatic rings. The van der Waals surface area contributed by atoms with E-state index in [1.165, 1.54) is 0 Å². The van der Waals surface area contributed by atoms with Crippen LogP contribution in [0.4, 0.5) is 0 Å². The molecule has 3 heteroatoms. The SMILES string of the molecule is CC1(C)C[C@H]1C(=O)CC(O)O. The summed E-state index contributed by atoms with van der Waals surface area (Å²) in [6, 6.07) is 0. The standard InChI is InChI=1S/C8H14O3/c1-8(2)4-5(8)6(9)3-7(10)11/h5,7,10-11H,3-4H2,1-2H3/t5-/m0/s1. The van der Waals surface area contributed by atoms with Gasteiger partial charge in [-0.15, -0.1) is 0 Å². The first-order valence-corrected chi connectivity index (χ1v) is 3.82. The Bertz CT molecular complexity index is 172. The van der Waals surface area contributed by atoms with E-state index < -0.39 is 6.29 Å². The molecule has 1 atom stereocenters. The molecule has 0 aromatic carbocycles. The molecule has 0 aliphatic heterocycles. The van der Waals surface area contributed by atoms with Crippen LogP contribution < -0.4 is 0 Å². The van der Waals surface area contributed by atoms with E-state index in [0.717, 1.165) is 6.42 Å². The van der Waals surface area contributed by atoms with Crippen molar-refractivity contribution in [1.29, 1.82) is 0 Å². The molecule has 0 heterocycles. The summed E-state index contributed by atoms with van der Waals surface area (Å²) in [4.78, 5) is 11.1. The number of hydrogen-bond acceptors (Lipinski definition) is 3. The highest BCUT2D eigenvalue weighted by molar-refractivity contribution is 5.84. The van der Waals surface area contributed by atoms with Crippen molar-refractivity contribution in [2.45, 2.75) is 33.0 Å². The molecule has 0 aromatic heterocycles. The van der Waals surface area contributed by atoms with Crippen molar-refractivity contribution in [1.82, 2.24) is 0 Å². The fourth-order valence-electron chi connectivity index (χ4n) is 1.34. The Morgan fingerprint density at radius 2 is 2.09 bits per heavy atom. The van der Waals surface area contributed by atoms with Gasteiger partial charge in [-0.2, -0.15) is 0 Å². The van der Waals surface area contributed by atoms with Gasteiger partial charge in [-0.25, -0.2) is 0 Å². The molecule has 1 aliphatic rings.